The lowest BCUT2D eigenvalue weighted by Crippen LogP contribution is -2.44. The fraction of sp³-hybridized carbons (Fsp3) is 0.0909. The smallest absolute Gasteiger partial charge is 0.309 e. The van der Waals surface area contributed by atoms with Gasteiger partial charge in [-0.25, -0.2) is 14.1 Å². The van der Waals surface area contributed by atoms with E-state index in [0.29, 0.717) is 11.5 Å². The lowest BCUT2D eigenvalue weighted by Gasteiger charge is -2.13. The number of thiophene rings is 1. The number of aromatic nitrogens is 3. The van der Waals surface area contributed by atoms with Gasteiger partial charge in [-0.15, -0.1) is 16.4 Å². The Balaban J connectivity index is 1.52. The molecule has 7 nitrogen and oxygen atoms in total. The van der Waals surface area contributed by atoms with Crippen LogP contribution in [0.1, 0.15) is 21.7 Å². The Labute approximate surface area is 193 Å². The average molecular weight is 467 g/mol. The highest BCUT2D eigenvalue weighted by Crippen LogP contribution is 2.25. The average Bonchev–Trinajstić information content (AvgIpc) is 3.45. The summed E-state index contributed by atoms with van der Waals surface area (Å²) in [7, 11) is 0. The minimum Gasteiger partial charge on any atom is -0.331 e. The van der Waals surface area contributed by atoms with E-state index in [9.17, 15) is 9.18 Å². The van der Waals surface area contributed by atoms with E-state index in [4.69, 9.17) is 12.2 Å². The summed E-state index contributed by atoms with van der Waals surface area (Å²) in [5.74, 6) is -0.639. The van der Waals surface area contributed by atoms with Crippen molar-refractivity contribution in [1.29, 1.82) is 0 Å². The van der Waals surface area contributed by atoms with Gasteiger partial charge in [0, 0.05) is 5.69 Å². The number of anilines is 1. The molecule has 0 saturated carbocycles. The number of nitrogens with one attached hydrogen (secondary N) is 3. The number of halogens is 1. The monoisotopic (exact) mass is 466 g/mol. The van der Waals surface area contributed by atoms with Crippen LogP contribution in [-0.4, -0.2) is 25.8 Å². The number of nitrogens with zero attached hydrogens (tertiary/aromatic N) is 3. The van der Waals surface area contributed by atoms with Gasteiger partial charge in [-0.05, 0) is 72.9 Å². The Kier molecular flexibility index (Phi) is 6.24. The van der Waals surface area contributed by atoms with Crippen molar-refractivity contribution in [1.82, 2.24) is 25.6 Å². The first-order valence-corrected chi connectivity index (χ1v) is 10.9. The van der Waals surface area contributed by atoms with Gasteiger partial charge in [0.05, 0.1) is 10.6 Å². The summed E-state index contributed by atoms with van der Waals surface area (Å²) in [6.45, 7) is 3.98. The Morgan fingerprint density at radius 1 is 1.09 bits per heavy atom. The molecule has 0 aliphatic rings. The van der Waals surface area contributed by atoms with Gasteiger partial charge in [0.15, 0.2) is 10.9 Å². The van der Waals surface area contributed by atoms with Crippen molar-refractivity contribution < 1.29 is 9.18 Å². The predicted octanol–water partition coefficient (Wildman–Crippen LogP) is 4.38. The number of hydrogen-bond donors (Lipinski definition) is 3. The standard InChI is InChI=1S/C22H19FN6OS2/c1-13-6-3-9-17(14(13)2)24-22(31)27-26-21(30)19-25-20(18-10-5-11-32-18)29(28-19)16-8-4-7-15(23)12-16/h3-12H,1-2H3,(H,26,30)(H2,24,27,31). The zero-order chi connectivity index (χ0) is 22.7. The van der Waals surface area contributed by atoms with Gasteiger partial charge in [0.2, 0.25) is 5.82 Å². The second kappa shape index (κ2) is 9.25. The van der Waals surface area contributed by atoms with E-state index in [1.54, 1.807) is 12.1 Å². The van der Waals surface area contributed by atoms with Crippen LogP contribution in [0.15, 0.2) is 60.0 Å². The Morgan fingerprint density at radius 3 is 2.66 bits per heavy atom. The molecule has 1 amide bonds. The maximum atomic E-state index is 13.8. The van der Waals surface area contributed by atoms with Gasteiger partial charge in [-0.1, -0.05) is 24.3 Å². The summed E-state index contributed by atoms with van der Waals surface area (Å²) in [6, 6.07) is 15.5. The molecule has 0 spiro atoms. The predicted molar refractivity (Wildman–Crippen MR) is 127 cm³/mol. The van der Waals surface area contributed by atoms with Gasteiger partial charge in [0.25, 0.3) is 0 Å². The Hall–Kier alpha value is -3.63. The molecule has 2 aromatic heterocycles. The number of hydrogen-bond acceptors (Lipinski definition) is 5. The van der Waals surface area contributed by atoms with E-state index in [1.165, 1.54) is 28.2 Å². The maximum Gasteiger partial charge on any atom is 0.309 e. The lowest BCUT2D eigenvalue weighted by atomic mass is 10.1. The number of hydrazine groups is 1. The van der Waals surface area contributed by atoms with Crippen LogP contribution in [0.3, 0.4) is 0 Å². The summed E-state index contributed by atoms with van der Waals surface area (Å²) < 4.78 is 15.2. The Bertz CT molecular complexity index is 1290. The van der Waals surface area contributed by atoms with Gasteiger partial charge in [-0.2, -0.15) is 0 Å². The summed E-state index contributed by atoms with van der Waals surface area (Å²) in [4.78, 5) is 17.8. The van der Waals surface area contributed by atoms with E-state index >= 15 is 0 Å². The number of carbonyl (C=O) groups is 1. The molecule has 4 rings (SSSR count). The first-order chi connectivity index (χ1) is 15.4. The zero-order valence-corrected chi connectivity index (χ0v) is 18.9. The van der Waals surface area contributed by atoms with Crippen molar-refractivity contribution in [2.45, 2.75) is 13.8 Å². The summed E-state index contributed by atoms with van der Waals surface area (Å²) >= 11 is 6.71. The van der Waals surface area contributed by atoms with Crippen molar-refractivity contribution in [3.63, 3.8) is 0 Å². The van der Waals surface area contributed by atoms with Gasteiger partial charge in [0.1, 0.15) is 5.82 Å². The van der Waals surface area contributed by atoms with Crippen molar-refractivity contribution in [3.05, 3.63) is 82.7 Å². The third-order valence-electron chi connectivity index (χ3n) is 4.75. The van der Waals surface area contributed by atoms with Gasteiger partial charge in [-0.3, -0.25) is 15.6 Å². The van der Waals surface area contributed by atoms with E-state index in [-0.39, 0.29) is 10.9 Å². The summed E-state index contributed by atoms with van der Waals surface area (Å²) in [5, 5.41) is 9.45. The number of thiocarbonyl (C=S) groups is 1. The molecule has 0 saturated heterocycles. The minimum atomic E-state index is -0.580. The quantitative estimate of drug-likeness (QED) is 0.306. The van der Waals surface area contributed by atoms with Crippen molar-refractivity contribution in [2.75, 3.05) is 5.32 Å². The summed E-state index contributed by atoms with van der Waals surface area (Å²) in [5.41, 5.74) is 8.63. The number of rotatable bonds is 4. The minimum absolute atomic E-state index is 0.0836. The molecular weight excluding hydrogens is 447 g/mol. The highest BCUT2D eigenvalue weighted by Gasteiger charge is 2.20. The molecule has 0 atom stereocenters. The van der Waals surface area contributed by atoms with Crippen LogP contribution in [0.4, 0.5) is 10.1 Å². The molecule has 0 bridgehead atoms. The van der Waals surface area contributed by atoms with Crippen molar-refractivity contribution in [3.8, 4) is 16.4 Å². The molecule has 0 radical (unpaired) electrons. The number of benzene rings is 2. The second-order valence-electron chi connectivity index (χ2n) is 6.91. The first-order valence-electron chi connectivity index (χ1n) is 9.63. The number of amides is 1. The fourth-order valence-electron chi connectivity index (χ4n) is 2.97. The third kappa shape index (κ3) is 4.66. The number of carbonyl (C=O) groups excluding carboxylic acids is 1. The molecule has 0 aliphatic carbocycles. The van der Waals surface area contributed by atoms with E-state index in [2.05, 4.69) is 26.3 Å². The third-order valence-corrected chi connectivity index (χ3v) is 5.82. The zero-order valence-electron chi connectivity index (χ0n) is 17.2. The highest BCUT2D eigenvalue weighted by atomic mass is 32.1. The lowest BCUT2D eigenvalue weighted by molar-refractivity contribution is 0.0934. The molecule has 2 heterocycles. The van der Waals surface area contributed by atoms with Crippen LogP contribution in [0.25, 0.3) is 16.4 Å². The molecule has 4 aromatic rings. The second-order valence-corrected chi connectivity index (χ2v) is 8.26. The molecule has 10 heteroatoms. The number of aryl methyl sites for hydroxylation is 1. The van der Waals surface area contributed by atoms with E-state index in [0.717, 1.165) is 21.7 Å². The summed E-state index contributed by atoms with van der Waals surface area (Å²) in [6.07, 6.45) is 0. The molecule has 0 fully saturated rings. The molecule has 0 unspecified atom stereocenters. The van der Waals surface area contributed by atoms with Crippen LogP contribution < -0.4 is 16.2 Å². The van der Waals surface area contributed by atoms with Crippen molar-refractivity contribution in [2.24, 2.45) is 0 Å². The molecule has 2 aromatic carbocycles. The van der Waals surface area contributed by atoms with E-state index in [1.807, 2.05) is 49.6 Å². The van der Waals surface area contributed by atoms with Crippen LogP contribution >= 0.6 is 23.6 Å². The highest BCUT2D eigenvalue weighted by molar-refractivity contribution is 7.80. The molecule has 3 N–H and O–H groups in total. The topological polar surface area (TPSA) is 83.9 Å². The van der Waals surface area contributed by atoms with Crippen LogP contribution in [0.5, 0.6) is 0 Å². The maximum absolute atomic E-state index is 13.8. The van der Waals surface area contributed by atoms with Crippen LogP contribution in [0.2, 0.25) is 0 Å². The van der Waals surface area contributed by atoms with Crippen LogP contribution in [-0.2, 0) is 0 Å². The molecule has 162 valence electrons. The molecule has 32 heavy (non-hydrogen) atoms. The van der Waals surface area contributed by atoms with Gasteiger partial charge >= 0.3 is 5.91 Å². The normalized spacial score (nSPS) is 10.6. The molecular formula is C22H19FN6OS2. The fourth-order valence-corrected chi connectivity index (χ4v) is 3.83. The van der Waals surface area contributed by atoms with Crippen molar-refractivity contribution >= 4 is 40.3 Å². The SMILES string of the molecule is Cc1cccc(NC(=S)NNC(=O)c2nc(-c3cccs3)n(-c3cccc(F)c3)n2)c1C. The largest absolute Gasteiger partial charge is 0.331 e. The Morgan fingerprint density at radius 2 is 1.91 bits per heavy atom. The van der Waals surface area contributed by atoms with E-state index < -0.39 is 11.7 Å². The first kappa shape index (κ1) is 21.6. The molecule has 0 aliphatic heterocycles. The van der Waals surface area contributed by atoms with Crippen LogP contribution in [0, 0.1) is 19.7 Å². The van der Waals surface area contributed by atoms with Gasteiger partial charge < -0.3 is 5.32 Å².